The van der Waals surface area contributed by atoms with Crippen molar-refractivity contribution in [2.24, 2.45) is 5.73 Å². The zero-order valence-electron chi connectivity index (χ0n) is 14.6. The molecule has 0 aliphatic rings. The normalized spacial score (nSPS) is 10.4. The molecule has 0 saturated heterocycles. The Morgan fingerprint density at radius 2 is 1.77 bits per heavy atom. The summed E-state index contributed by atoms with van der Waals surface area (Å²) in [5.41, 5.74) is 9.19. The van der Waals surface area contributed by atoms with Gasteiger partial charge in [-0.2, -0.15) is 0 Å². The van der Waals surface area contributed by atoms with Crippen molar-refractivity contribution in [1.82, 2.24) is 9.97 Å². The molecule has 3 rings (SSSR count). The number of carbonyl (C=O) groups excluding carboxylic acids is 1. The molecular weight excluding hydrogens is 330 g/mol. The number of aromatic nitrogens is 2. The van der Waals surface area contributed by atoms with Crippen LogP contribution in [0.3, 0.4) is 0 Å². The smallest absolute Gasteiger partial charge is 0.252 e. The second-order valence-corrected chi connectivity index (χ2v) is 5.67. The lowest BCUT2D eigenvalue weighted by molar-refractivity contribution is 0.0997. The van der Waals surface area contributed by atoms with E-state index in [-0.39, 0.29) is 0 Å². The maximum absolute atomic E-state index is 11.4. The van der Waals surface area contributed by atoms with Gasteiger partial charge in [-0.1, -0.05) is 18.2 Å². The van der Waals surface area contributed by atoms with E-state index in [1.165, 1.54) is 13.4 Å². The average Bonchev–Trinajstić information content (AvgIpc) is 2.67. The van der Waals surface area contributed by atoms with Crippen LogP contribution in [-0.2, 0) is 6.42 Å². The van der Waals surface area contributed by atoms with Crippen molar-refractivity contribution in [2.45, 2.75) is 6.42 Å². The molecule has 0 fully saturated rings. The monoisotopic (exact) mass is 349 g/mol. The molecule has 3 aromatic rings. The lowest BCUT2D eigenvalue weighted by Gasteiger charge is -2.10. The van der Waals surface area contributed by atoms with E-state index in [0.29, 0.717) is 17.7 Å². The third kappa shape index (κ3) is 3.64. The Kier molecular flexibility index (Phi) is 5.12. The number of primary amides is 1. The summed E-state index contributed by atoms with van der Waals surface area (Å²) < 4.78 is 10.7. The minimum Gasteiger partial charge on any atom is -0.496 e. The number of hydrogen-bond donors (Lipinski definition) is 1. The number of nitrogens with two attached hydrogens (primary N) is 1. The van der Waals surface area contributed by atoms with Crippen LogP contribution in [0, 0.1) is 0 Å². The minimum atomic E-state index is -0.520. The lowest BCUT2D eigenvalue weighted by Crippen LogP contribution is -2.12. The van der Waals surface area contributed by atoms with Crippen LogP contribution in [0.5, 0.6) is 11.5 Å². The van der Waals surface area contributed by atoms with E-state index >= 15 is 0 Å². The molecular formula is C20H19N3O3. The van der Waals surface area contributed by atoms with Crippen molar-refractivity contribution in [3.8, 4) is 22.8 Å². The molecule has 1 amide bonds. The van der Waals surface area contributed by atoms with Crippen LogP contribution in [0.2, 0.25) is 0 Å². The van der Waals surface area contributed by atoms with Gasteiger partial charge in [-0.25, -0.2) is 9.97 Å². The summed E-state index contributed by atoms with van der Waals surface area (Å²) >= 11 is 0. The highest BCUT2D eigenvalue weighted by Crippen LogP contribution is 2.28. The molecule has 2 aromatic carbocycles. The van der Waals surface area contributed by atoms with Crippen LogP contribution in [0.25, 0.3) is 11.3 Å². The van der Waals surface area contributed by atoms with Crippen molar-refractivity contribution in [3.63, 3.8) is 0 Å². The van der Waals surface area contributed by atoms with Gasteiger partial charge < -0.3 is 15.2 Å². The first-order valence-electron chi connectivity index (χ1n) is 8.03. The number of para-hydroxylation sites is 1. The number of ether oxygens (including phenoxy) is 2. The number of amides is 1. The lowest BCUT2D eigenvalue weighted by atomic mass is 10.0. The Morgan fingerprint density at radius 3 is 2.50 bits per heavy atom. The first-order valence-corrected chi connectivity index (χ1v) is 8.03. The molecule has 6 heteroatoms. The van der Waals surface area contributed by atoms with E-state index < -0.39 is 5.91 Å². The van der Waals surface area contributed by atoms with E-state index in [0.717, 1.165) is 28.3 Å². The van der Waals surface area contributed by atoms with E-state index in [2.05, 4.69) is 9.97 Å². The quantitative estimate of drug-likeness (QED) is 0.739. The third-order valence-electron chi connectivity index (χ3n) is 4.02. The second-order valence-electron chi connectivity index (χ2n) is 5.67. The van der Waals surface area contributed by atoms with Gasteiger partial charge >= 0.3 is 0 Å². The van der Waals surface area contributed by atoms with Gasteiger partial charge in [0.05, 0.1) is 25.5 Å². The fourth-order valence-corrected chi connectivity index (χ4v) is 2.76. The van der Waals surface area contributed by atoms with Gasteiger partial charge in [0, 0.05) is 17.7 Å². The van der Waals surface area contributed by atoms with Crippen LogP contribution >= 0.6 is 0 Å². The minimum absolute atomic E-state index is 0.355. The second kappa shape index (κ2) is 7.65. The number of nitrogens with zero attached hydrogens (tertiary/aromatic N) is 2. The van der Waals surface area contributed by atoms with Gasteiger partial charge in [-0.15, -0.1) is 0 Å². The third-order valence-corrected chi connectivity index (χ3v) is 4.02. The van der Waals surface area contributed by atoms with E-state index in [9.17, 15) is 4.79 Å². The maximum Gasteiger partial charge on any atom is 0.252 e. The maximum atomic E-state index is 11.4. The molecule has 2 N–H and O–H groups in total. The summed E-state index contributed by atoms with van der Waals surface area (Å²) in [4.78, 5) is 20.1. The van der Waals surface area contributed by atoms with Crippen LogP contribution in [0.1, 0.15) is 21.6 Å². The summed E-state index contributed by atoms with van der Waals surface area (Å²) in [6.07, 6.45) is 2.10. The van der Waals surface area contributed by atoms with E-state index in [1.807, 2.05) is 36.4 Å². The Labute approximate surface area is 151 Å². The predicted octanol–water partition coefficient (Wildman–Crippen LogP) is 2.85. The fourth-order valence-electron chi connectivity index (χ4n) is 2.76. The molecule has 0 atom stereocenters. The van der Waals surface area contributed by atoms with Crippen LogP contribution in [-0.4, -0.2) is 30.1 Å². The molecule has 1 aromatic heterocycles. The van der Waals surface area contributed by atoms with Gasteiger partial charge in [0.1, 0.15) is 17.8 Å². The number of benzene rings is 2. The van der Waals surface area contributed by atoms with Crippen LogP contribution < -0.4 is 15.2 Å². The van der Waals surface area contributed by atoms with Crippen LogP contribution in [0.4, 0.5) is 0 Å². The fraction of sp³-hybridized carbons (Fsp3) is 0.150. The molecule has 0 radical (unpaired) electrons. The summed E-state index contributed by atoms with van der Waals surface area (Å²) in [5.74, 6) is 0.688. The standard InChI is InChI=1S/C20H19N3O3/c1-25-18-6-4-3-5-15(18)17-11-14(22-12-23-17)9-13-7-8-16(20(21)24)19(10-13)26-2/h3-8,10-12H,9H2,1-2H3,(H2,21,24). The molecule has 0 aliphatic carbocycles. The van der Waals surface area contributed by atoms with E-state index in [4.69, 9.17) is 15.2 Å². The van der Waals surface area contributed by atoms with Gasteiger partial charge in [0.15, 0.2) is 0 Å². The van der Waals surface area contributed by atoms with Gasteiger partial charge in [-0.05, 0) is 35.9 Å². The Bertz CT molecular complexity index is 941. The molecule has 0 saturated carbocycles. The Balaban J connectivity index is 1.91. The number of rotatable bonds is 6. The highest BCUT2D eigenvalue weighted by Gasteiger charge is 2.11. The Morgan fingerprint density at radius 1 is 1.00 bits per heavy atom. The topological polar surface area (TPSA) is 87.3 Å². The molecule has 0 unspecified atom stereocenters. The van der Waals surface area contributed by atoms with Crippen molar-refractivity contribution in [3.05, 3.63) is 71.7 Å². The zero-order valence-corrected chi connectivity index (χ0v) is 14.6. The van der Waals surface area contributed by atoms with Crippen LogP contribution in [0.15, 0.2) is 54.9 Å². The summed E-state index contributed by atoms with van der Waals surface area (Å²) in [6.45, 7) is 0. The highest BCUT2D eigenvalue weighted by atomic mass is 16.5. The summed E-state index contributed by atoms with van der Waals surface area (Å²) in [7, 11) is 3.14. The molecule has 0 spiro atoms. The molecule has 0 bridgehead atoms. The number of methoxy groups -OCH3 is 2. The molecule has 132 valence electrons. The van der Waals surface area contributed by atoms with Gasteiger partial charge in [0.25, 0.3) is 5.91 Å². The SMILES string of the molecule is COc1cc(Cc2cc(-c3ccccc3OC)ncn2)ccc1C(N)=O. The average molecular weight is 349 g/mol. The molecule has 6 nitrogen and oxygen atoms in total. The van der Waals surface area contributed by atoms with Crippen molar-refractivity contribution in [2.75, 3.05) is 14.2 Å². The molecule has 1 heterocycles. The van der Waals surface area contributed by atoms with Gasteiger partial charge in [-0.3, -0.25) is 4.79 Å². The first-order chi connectivity index (χ1) is 12.6. The number of carbonyl (C=O) groups is 1. The molecule has 0 aliphatic heterocycles. The summed E-state index contributed by atoms with van der Waals surface area (Å²) in [6, 6.07) is 14.9. The predicted molar refractivity (Wildman–Crippen MR) is 98.3 cm³/mol. The van der Waals surface area contributed by atoms with Crippen molar-refractivity contribution >= 4 is 5.91 Å². The largest absolute Gasteiger partial charge is 0.496 e. The van der Waals surface area contributed by atoms with Crippen molar-refractivity contribution in [1.29, 1.82) is 0 Å². The van der Waals surface area contributed by atoms with E-state index in [1.54, 1.807) is 19.2 Å². The summed E-state index contributed by atoms with van der Waals surface area (Å²) in [5, 5.41) is 0. The van der Waals surface area contributed by atoms with Gasteiger partial charge in [0.2, 0.25) is 0 Å². The first kappa shape index (κ1) is 17.4. The Hall–Kier alpha value is -3.41. The zero-order chi connectivity index (χ0) is 18.5. The highest BCUT2D eigenvalue weighted by molar-refractivity contribution is 5.95. The number of hydrogen-bond acceptors (Lipinski definition) is 5. The molecule has 26 heavy (non-hydrogen) atoms. The van der Waals surface area contributed by atoms with Crippen molar-refractivity contribution < 1.29 is 14.3 Å².